The van der Waals surface area contributed by atoms with Crippen LogP contribution in [0.15, 0.2) is 16.9 Å². The lowest BCUT2D eigenvalue weighted by Gasteiger charge is -2.26. The average molecular weight is 283 g/mol. The molecule has 0 saturated heterocycles. The fraction of sp³-hybridized carbons (Fsp3) is 0.429. The number of nitrogens with zero attached hydrogens (tertiary/aromatic N) is 5. The van der Waals surface area contributed by atoms with Gasteiger partial charge in [0.15, 0.2) is 0 Å². The van der Waals surface area contributed by atoms with Gasteiger partial charge in [-0.15, -0.1) is 0 Å². The van der Waals surface area contributed by atoms with Gasteiger partial charge in [0.25, 0.3) is 0 Å². The number of aromatic nitrogens is 4. The van der Waals surface area contributed by atoms with Gasteiger partial charge in [0.1, 0.15) is 13.9 Å². The summed E-state index contributed by atoms with van der Waals surface area (Å²) in [7, 11) is 3.51. The van der Waals surface area contributed by atoms with Crippen LogP contribution < -0.4 is 11.2 Å². The van der Waals surface area contributed by atoms with E-state index in [9.17, 15) is 10.1 Å². The van der Waals surface area contributed by atoms with E-state index >= 15 is 0 Å². The zero-order valence-corrected chi connectivity index (χ0v) is 13.0. The third kappa shape index (κ3) is 2.49. The topological polar surface area (TPSA) is 76.5 Å². The van der Waals surface area contributed by atoms with Gasteiger partial charge in [-0.2, -0.15) is 14.6 Å². The van der Waals surface area contributed by atoms with Gasteiger partial charge in [0.2, 0.25) is 0 Å². The van der Waals surface area contributed by atoms with Gasteiger partial charge >= 0.3 is 5.69 Å². The van der Waals surface area contributed by atoms with Crippen molar-refractivity contribution in [3.63, 3.8) is 0 Å². The Bertz CT molecular complexity index is 782. The van der Waals surface area contributed by atoms with Crippen molar-refractivity contribution in [3.8, 4) is 11.8 Å². The number of hydrogen-bond donors (Lipinski definition) is 0. The van der Waals surface area contributed by atoms with Crippen molar-refractivity contribution in [1.29, 1.82) is 5.26 Å². The van der Waals surface area contributed by atoms with Crippen LogP contribution in [0.5, 0.6) is 0 Å². The Balaban J connectivity index is 2.77. The molecule has 0 spiro atoms. The molecule has 0 N–H and O–H groups in total. The maximum atomic E-state index is 12.0. The van der Waals surface area contributed by atoms with Gasteiger partial charge < -0.3 is 0 Å². The van der Waals surface area contributed by atoms with Gasteiger partial charge in [-0.05, 0) is 40.0 Å². The second-order valence-electron chi connectivity index (χ2n) is 5.83. The molecule has 0 saturated carbocycles. The minimum absolute atomic E-state index is 0.0430. The van der Waals surface area contributed by atoms with Crippen molar-refractivity contribution >= 4 is 13.3 Å². The Morgan fingerprint density at radius 3 is 2.52 bits per heavy atom. The SMILES string of the molecule is Bc1cc(C#N)c(-n2nnn(C)c2=O)cc1C(C)(C)CC. The Hall–Kier alpha value is -2.36. The first-order chi connectivity index (χ1) is 9.81. The minimum atomic E-state index is -0.365. The van der Waals surface area contributed by atoms with Crippen molar-refractivity contribution < 1.29 is 0 Å². The van der Waals surface area contributed by atoms with Gasteiger partial charge in [0, 0.05) is 7.05 Å². The van der Waals surface area contributed by atoms with Crippen LogP contribution in [-0.4, -0.2) is 27.6 Å². The molecular weight excluding hydrogens is 265 g/mol. The molecule has 2 rings (SSSR count). The minimum Gasteiger partial charge on any atom is -0.244 e. The van der Waals surface area contributed by atoms with E-state index in [-0.39, 0.29) is 11.1 Å². The molecule has 0 aliphatic carbocycles. The maximum absolute atomic E-state index is 12.0. The Kier molecular flexibility index (Phi) is 3.73. The third-order valence-corrected chi connectivity index (χ3v) is 4.03. The first-order valence-corrected chi connectivity index (χ1v) is 6.86. The second kappa shape index (κ2) is 5.21. The number of rotatable bonds is 3. The molecule has 0 radical (unpaired) electrons. The third-order valence-electron chi connectivity index (χ3n) is 4.03. The van der Waals surface area contributed by atoms with Gasteiger partial charge in [-0.3, -0.25) is 0 Å². The average Bonchev–Trinajstić information content (AvgIpc) is 2.78. The molecule has 7 heteroatoms. The molecular formula is C14H18BN5O. The summed E-state index contributed by atoms with van der Waals surface area (Å²) < 4.78 is 2.32. The molecule has 0 aliphatic heterocycles. The molecule has 108 valence electrons. The quantitative estimate of drug-likeness (QED) is 0.730. The van der Waals surface area contributed by atoms with E-state index in [0.29, 0.717) is 11.3 Å². The number of aryl methyl sites for hydroxylation is 1. The number of benzene rings is 1. The van der Waals surface area contributed by atoms with Crippen LogP contribution in [0.3, 0.4) is 0 Å². The summed E-state index contributed by atoms with van der Waals surface area (Å²) in [5.41, 5.74) is 2.65. The molecule has 1 heterocycles. The van der Waals surface area contributed by atoms with Crippen LogP contribution in [-0.2, 0) is 12.5 Å². The molecule has 0 fully saturated rings. The normalized spacial score (nSPS) is 11.4. The summed E-state index contributed by atoms with van der Waals surface area (Å²) >= 11 is 0. The van der Waals surface area contributed by atoms with E-state index in [1.807, 2.05) is 20.0 Å². The van der Waals surface area contributed by atoms with E-state index in [2.05, 4.69) is 37.3 Å². The number of hydrogen-bond acceptors (Lipinski definition) is 4. The van der Waals surface area contributed by atoms with Crippen molar-refractivity contribution in [2.75, 3.05) is 0 Å². The summed E-state index contributed by atoms with van der Waals surface area (Å²) in [6.07, 6.45) is 0.953. The Morgan fingerprint density at radius 2 is 2.05 bits per heavy atom. The van der Waals surface area contributed by atoms with Crippen molar-refractivity contribution in [2.45, 2.75) is 32.6 Å². The highest BCUT2D eigenvalue weighted by atomic mass is 16.2. The van der Waals surface area contributed by atoms with Gasteiger partial charge in [0.05, 0.1) is 11.3 Å². The lowest BCUT2D eigenvalue weighted by Crippen LogP contribution is -2.28. The molecule has 21 heavy (non-hydrogen) atoms. The van der Waals surface area contributed by atoms with Crippen LogP contribution in [0.1, 0.15) is 38.3 Å². The lowest BCUT2D eigenvalue weighted by atomic mass is 9.74. The van der Waals surface area contributed by atoms with E-state index < -0.39 is 0 Å². The summed E-state index contributed by atoms with van der Waals surface area (Å²) in [5, 5.41) is 16.9. The van der Waals surface area contributed by atoms with Crippen LogP contribution in [0, 0.1) is 11.3 Å². The predicted molar refractivity (Wildman–Crippen MR) is 82.8 cm³/mol. The molecule has 2 aromatic rings. The molecule has 0 amide bonds. The first kappa shape index (κ1) is 15.0. The molecule has 6 nitrogen and oxygen atoms in total. The van der Waals surface area contributed by atoms with E-state index in [4.69, 9.17) is 0 Å². The second-order valence-corrected chi connectivity index (χ2v) is 5.83. The van der Waals surface area contributed by atoms with Crippen LogP contribution in [0.25, 0.3) is 5.69 Å². The molecule has 0 unspecified atom stereocenters. The Morgan fingerprint density at radius 1 is 1.38 bits per heavy atom. The highest BCUT2D eigenvalue weighted by Gasteiger charge is 2.23. The fourth-order valence-electron chi connectivity index (χ4n) is 2.35. The van der Waals surface area contributed by atoms with Crippen molar-refractivity contribution in [2.24, 2.45) is 7.05 Å². The predicted octanol–water partition coefficient (Wildman–Crippen LogP) is -0.216. The highest BCUT2D eigenvalue weighted by molar-refractivity contribution is 6.33. The number of tetrazole rings is 1. The molecule has 0 atom stereocenters. The first-order valence-electron chi connectivity index (χ1n) is 6.86. The largest absolute Gasteiger partial charge is 0.368 e. The van der Waals surface area contributed by atoms with Crippen molar-refractivity contribution in [3.05, 3.63) is 33.7 Å². The van der Waals surface area contributed by atoms with Crippen LogP contribution >= 0.6 is 0 Å². The highest BCUT2D eigenvalue weighted by Crippen LogP contribution is 2.27. The van der Waals surface area contributed by atoms with Gasteiger partial charge in [-0.1, -0.05) is 26.2 Å². The molecule has 1 aromatic carbocycles. The number of nitriles is 1. The van der Waals surface area contributed by atoms with Gasteiger partial charge in [-0.25, -0.2) is 4.79 Å². The van der Waals surface area contributed by atoms with Crippen LogP contribution in [0.4, 0.5) is 0 Å². The lowest BCUT2D eigenvalue weighted by molar-refractivity contribution is 0.508. The summed E-state index contributed by atoms with van der Waals surface area (Å²) in [6.45, 7) is 6.40. The smallest absolute Gasteiger partial charge is 0.244 e. The molecule has 0 aliphatic rings. The molecule has 0 bridgehead atoms. The monoisotopic (exact) mass is 283 g/mol. The zero-order valence-electron chi connectivity index (χ0n) is 13.0. The summed E-state index contributed by atoms with van der Waals surface area (Å²) in [5.74, 6) is 0. The standard InChI is InChI=1S/C14H18BN5O/c1-5-14(2,3)10-7-12(9(8-16)6-11(10)15)20-13(21)19(4)17-18-20/h6-7H,5,15H2,1-4H3. The molecule has 1 aromatic heterocycles. The maximum Gasteiger partial charge on any atom is 0.368 e. The van der Waals surface area contributed by atoms with E-state index in [0.717, 1.165) is 22.1 Å². The summed E-state index contributed by atoms with van der Waals surface area (Å²) in [6, 6.07) is 5.82. The van der Waals surface area contributed by atoms with E-state index in [1.54, 1.807) is 0 Å². The fourth-order valence-corrected chi connectivity index (χ4v) is 2.35. The summed E-state index contributed by atoms with van der Waals surface area (Å²) in [4.78, 5) is 12.0. The zero-order chi connectivity index (χ0) is 15.8. The van der Waals surface area contributed by atoms with Crippen molar-refractivity contribution in [1.82, 2.24) is 19.8 Å². The van der Waals surface area contributed by atoms with Crippen LogP contribution in [0.2, 0.25) is 0 Å². The van der Waals surface area contributed by atoms with E-state index in [1.165, 1.54) is 11.7 Å². The Labute approximate surface area is 124 Å².